The normalized spacial score (nSPS) is 10.6. The first-order chi connectivity index (χ1) is 9.24. The first kappa shape index (κ1) is 13.2. The fourth-order valence-electron chi connectivity index (χ4n) is 1.32. The fraction of sp³-hybridized carbons (Fsp3) is 0.0769. The third kappa shape index (κ3) is 4.51. The minimum Gasteiger partial charge on any atom is -0.376 e. The number of hydrogen-bond donors (Lipinski definition) is 2. The van der Waals surface area contributed by atoms with E-state index in [1.54, 1.807) is 18.3 Å². The second-order valence-corrected chi connectivity index (χ2v) is 4.65. The largest absolute Gasteiger partial charge is 0.376 e. The van der Waals surface area contributed by atoms with E-state index in [0.29, 0.717) is 5.69 Å². The SMILES string of the molecule is O=C(CNc1ccc(F)cc1)N/N=C\c1cccs1. The summed E-state index contributed by atoms with van der Waals surface area (Å²) in [7, 11) is 0. The van der Waals surface area contributed by atoms with E-state index >= 15 is 0 Å². The minimum absolute atomic E-state index is 0.0768. The number of thiophene rings is 1. The molecule has 1 heterocycles. The molecule has 1 aromatic carbocycles. The molecule has 0 atom stereocenters. The summed E-state index contributed by atoms with van der Waals surface area (Å²) in [6, 6.07) is 9.60. The molecule has 1 aromatic heterocycles. The van der Waals surface area contributed by atoms with Gasteiger partial charge in [-0.1, -0.05) is 6.07 Å². The van der Waals surface area contributed by atoms with Gasteiger partial charge in [0.1, 0.15) is 5.82 Å². The molecule has 0 spiro atoms. The van der Waals surface area contributed by atoms with Gasteiger partial charge >= 0.3 is 0 Å². The van der Waals surface area contributed by atoms with Crippen LogP contribution in [-0.2, 0) is 4.79 Å². The number of amides is 1. The van der Waals surface area contributed by atoms with E-state index in [4.69, 9.17) is 0 Å². The molecule has 0 fully saturated rings. The van der Waals surface area contributed by atoms with E-state index in [-0.39, 0.29) is 18.3 Å². The number of hydrazone groups is 1. The lowest BCUT2D eigenvalue weighted by atomic mass is 10.3. The Labute approximate surface area is 114 Å². The Morgan fingerprint density at radius 3 is 2.79 bits per heavy atom. The molecule has 4 nitrogen and oxygen atoms in total. The average molecular weight is 277 g/mol. The quantitative estimate of drug-likeness (QED) is 0.651. The van der Waals surface area contributed by atoms with Gasteiger partial charge in [-0.05, 0) is 35.7 Å². The number of carbonyl (C=O) groups excluding carboxylic acids is 1. The first-order valence-corrected chi connectivity index (χ1v) is 6.47. The third-order valence-corrected chi connectivity index (χ3v) is 3.03. The van der Waals surface area contributed by atoms with Crippen LogP contribution in [0.15, 0.2) is 46.9 Å². The van der Waals surface area contributed by atoms with Gasteiger partial charge in [0.25, 0.3) is 5.91 Å². The molecule has 0 aliphatic heterocycles. The van der Waals surface area contributed by atoms with Crippen molar-refractivity contribution < 1.29 is 9.18 Å². The maximum Gasteiger partial charge on any atom is 0.259 e. The van der Waals surface area contributed by atoms with Crippen LogP contribution in [0.1, 0.15) is 4.88 Å². The number of benzene rings is 1. The van der Waals surface area contributed by atoms with Crippen molar-refractivity contribution in [1.82, 2.24) is 5.43 Å². The number of nitrogens with zero attached hydrogens (tertiary/aromatic N) is 1. The minimum atomic E-state index is -0.310. The van der Waals surface area contributed by atoms with Crippen molar-refractivity contribution in [3.63, 3.8) is 0 Å². The molecule has 0 saturated heterocycles. The molecule has 6 heteroatoms. The molecule has 0 saturated carbocycles. The molecule has 0 aliphatic carbocycles. The maximum absolute atomic E-state index is 12.7. The van der Waals surface area contributed by atoms with Gasteiger partial charge in [-0.3, -0.25) is 4.79 Å². The Morgan fingerprint density at radius 1 is 1.32 bits per heavy atom. The van der Waals surface area contributed by atoms with Crippen molar-refractivity contribution in [1.29, 1.82) is 0 Å². The van der Waals surface area contributed by atoms with Crippen molar-refractivity contribution >= 4 is 29.1 Å². The first-order valence-electron chi connectivity index (χ1n) is 5.59. The Morgan fingerprint density at radius 2 is 2.11 bits per heavy atom. The van der Waals surface area contributed by atoms with Crippen LogP contribution in [0.5, 0.6) is 0 Å². The molecule has 0 aliphatic rings. The highest BCUT2D eigenvalue weighted by Gasteiger charge is 1.99. The van der Waals surface area contributed by atoms with E-state index in [9.17, 15) is 9.18 Å². The number of rotatable bonds is 5. The molecule has 0 unspecified atom stereocenters. The Kier molecular flexibility index (Phi) is 4.63. The monoisotopic (exact) mass is 277 g/mol. The van der Waals surface area contributed by atoms with E-state index < -0.39 is 0 Å². The average Bonchev–Trinajstić information content (AvgIpc) is 2.91. The summed E-state index contributed by atoms with van der Waals surface area (Å²) in [6.45, 7) is 0.0768. The summed E-state index contributed by atoms with van der Waals surface area (Å²) < 4.78 is 12.7. The smallest absolute Gasteiger partial charge is 0.259 e. The Hall–Kier alpha value is -2.21. The zero-order chi connectivity index (χ0) is 13.5. The van der Waals surface area contributed by atoms with Crippen LogP contribution in [0.4, 0.5) is 10.1 Å². The lowest BCUT2D eigenvalue weighted by Crippen LogP contribution is -2.25. The van der Waals surface area contributed by atoms with Crippen LogP contribution in [-0.4, -0.2) is 18.7 Å². The molecular formula is C13H12FN3OS. The van der Waals surface area contributed by atoms with E-state index in [1.165, 1.54) is 23.5 Å². The highest BCUT2D eigenvalue weighted by molar-refractivity contribution is 7.11. The highest BCUT2D eigenvalue weighted by Crippen LogP contribution is 2.07. The predicted molar refractivity (Wildman–Crippen MR) is 74.9 cm³/mol. The number of halogens is 1. The van der Waals surface area contributed by atoms with Crippen LogP contribution in [0.2, 0.25) is 0 Å². The van der Waals surface area contributed by atoms with Crippen molar-refractivity contribution in [2.45, 2.75) is 0 Å². The van der Waals surface area contributed by atoms with Crippen molar-refractivity contribution in [2.75, 3.05) is 11.9 Å². The summed E-state index contributed by atoms with van der Waals surface area (Å²) in [5, 5.41) is 8.62. The van der Waals surface area contributed by atoms with Gasteiger partial charge in [-0.25, -0.2) is 9.82 Å². The van der Waals surface area contributed by atoms with Crippen molar-refractivity contribution in [2.24, 2.45) is 5.10 Å². The molecule has 98 valence electrons. The van der Waals surface area contributed by atoms with E-state index in [0.717, 1.165) is 4.88 Å². The lowest BCUT2D eigenvalue weighted by molar-refractivity contribution is -0.119. The second kappa shape index (κ2) is 6.65. The van der Waals surface area contributed by atoms with Crippen LogP contribution in [0.25, 0.3) is 0 Å². The Bertz CT molecular complexity index is 552. The zero-order valence-corrected chi connectivity index (χ0v) is 10.8. The summed E-state index contributed by atoms with van der Waals surface area (Å²) in [6.07, 6.45) is 1.58. The van der Waals surface area contributed by atoms with Gasteiger partial charge in [0.2, 0.25) is 0 Å². The second-order valence-electron chi connectivity index (χ2n) is 3.67. The standard InChI is InChI=1S/C13H12FN3OS/c14-10-3-5-11(6-4-10)15-9-13(18)17-16-8-12-2-1-7-19-12/h1-8,15H,9H2,(H,17,18)/b16-8-. The number of anilines is 1. The van der Waals surface area contributed by atoms with Gasteiger partial charge in [0.05, 0.1) is 12.8 Å². The van der Waals surface area contributed by atoms with Gasteiger partial charge in [0, 0.05) is 10.6 Å². The molecule has 2 aromatic rings. The molecule has 19 heavy (non-hydrogen) atoms. The topological polar surface area (TPSA) is 53.5 Å². The molecule has 0 radical (unpaired) electrons. The van der Waals surface area contributed by atoms with Crippen LogP contribution < -0.4 is 10.7 Å². The number of hydrogen-bond acceptors (Lipinski definition) is 4. The highest BCUT2D eigenvalue weighted by atomic mass is 32.1. The fourth-order valence-corrected chi connectivity index (χ4v) is 1.91. The maximum atomic E-state index is 12.7. The van der Waals surface area contributed by atoms with Crippen LogP contribution >= 0.6 is 11.3 Å². The number of nitrogens with one attached hydrogen (secondary N) is 2. The molecular weight excluding hydrogens is 265 g/mol. The van der Waals surface area contributed by atoms with Crippen LogP contribution in [0.3, 0.4) is 0 Å². The van der Waals surface area contributed by atoms with Gasteiger partial charge in [0.15, 0.2) is 0 Å². The lowest BCUT2D eigenvalue weighted by Gasteiger charge is -2.04. The summed E-state index contributed by atoms with van der Waals surface area (Å²) in [5.41, 5.74) is 3.08. The summed E-state index contributed by atoms with van der Waals surface area (Å²) in [4.78, 5) is 12.4. The predicted octanol–water partition coefficient (Wildman–Crippen LogP) is 2.45. The van der Waals surface area contributed by atoms with E-state index in [1.807, 2.05) is 17.5 Å². The Balaban J connectivity index is 1.74. The van der Waals surface area contributed by atoms with E-state index in [2.05, 4.69) is 15.8 Å². The van der Waals surface area contributed by atoms with Crippen molar-refractivity contribution in [3.05, 3.63) is 52.5 Å². The molecule has 2 rings (SSSR count). The van der Waals surface area contributed by atoms with Crippen LogP contribution in [0, 0.1) is 5.82 Å². The summed E-state index contributed by atoms with van der Waals surface area (Å²) >= 11 is 1.53. The molecule has 2 N–H and O–H groups in total. The van der Waals surface area contributed by atoms with Gasteiger partial charge in [-0.2, -0.15) is 5.10 Å². The molecule has 1 amide bonds. The number of carbonyl (C=O) groups is 1. The van der Waals surface area contributed by atoms with Gasteiger partial charge in [-0.15, -0.1) is 11.3 Å². The zero-order valence-electron chi connectivity index (χ0n) is 9.97. The third-order valence-electron chi connectivity index (χ3n) is 2.22. The van der Waals surface area contributed by atoms with Gasteiger partial charge < -0.3 is 5.32 Å². The summed E-state index contributed by atoms with van der Waals surface area (Å²) in [5.74, 6) is -0.576. The van der Waals surface area contributed by atoms with Crippen molar-refractivity contribution in [3.8, 4) is 0 Å². The molecule has 0 bridgehead atoms.